The van der Waals surface area contributed by atoms with Crippen molar-refractivity contribution in [2.75, 3.05) is 0 Å². The number of esters is 1. The molecule has 0 saturated heterocycles. The number of rotatable bonds is 4. The lowest BCUT2D eigenvalue weighted by molar-refractivity contribution is -0.150. The van der Waals surface area contributed by atoms with Crippen molar-refractivity contribution in [2.45, 2.75) is 32.2 Å². The van der Waals surface area contributed by atoms with Gasteiger partial charge >= 0.3 is 5.97 Å². The number of benzene rings is 1. The van der Waals surface area contributed by atoms with Crippen molar-refractivity contribution in [3.05, 3.63) is 35.9 Å². The summed E-state index contributed by atoms with van der Waals surface area (Å²) >= 11 is 0. The molecule has 88 valence electrons. The van der Waals surface area contributed by atoms with Gasteiger partial charge in [-0.2, -0.15) is 0 Å². The lowest BCUT2D eigenvalue weighted by atomic mass is 10.0. The van der Waals surface area contributed by atoms with E-state index in [2.05, 4.69) is 0 Å². The summed E-state index contributed by atoms with van der Waals surface area (Å²) in [6.07, 6.45) is -1.83. The fourth-order valence-electron chi connectivity index (χ4n) is 1.27. The minimum Gasteiger partial charge on any atom is -0.462 e. The molecule has 0 aliphatic heterocycles. The molecule has 1 aromatic carbocycles. The van der Waals surface area contributed by atoms with Gasteiger partial charge in [0.25, 0.3) is 0 Å². The Balaban J connectivity index is 2.67. The third kappa shape index (κ3) is 3.31. The SMILES string of the molecule is CC(C)OC(=O)C(N)C(F)c1ccccc1. The maximum Gasteiger partial charge on any atom is 0.326 e. The Kier molecular flexibility index (Phi) is 4.43. The Morgan fingerprint density at radius 3 is 2.38 bits per heavy atom. The molecule has 0 aromatic heterocycles. The third-order valence-electron chi connectivity index (χ3n) is 2.06. The number of halogens is 1. The summed E-state index contributed by atoms with van der Waals surface area (Å²) in [4.78, 5) is 11.4. The second-order valence-electron chi connectivity index (χ2n) is 3.82. The number of ether oxygens (including phenoxy) is 1. The van der Waals surface area contributed by atoms with Gasteiger partial charge in [-0.05, 0) is 19.4 Å². The predicted octanol–water partition coefficient (Wildman–Crippen LogP) is 1.98. The Morgan fingerprint density at radius 2 is 1.88 bits per heavy atom. The zero-order chi connectivity index (χ0) is 12.1. The van der Waals surface area contributed by atoms with Crippen LogP contribution in [0.5, 0.6) is 0 Å². The standard InChI is InChI=1S/C12H16FNO2/c1-8(2)16-12(15)11(14)10(13)9-6-4-3-5-7-9/h3-8,10-11H,14H2,1-2H3. The Labute approximate surface area is 94.4 Å². The fourth-order valence-corrected chi connectivity index (χ4v) is 1.27. The number of carbonyl (C=O) groups is 1. The molecule has 4 heteroatoms. The highest BCUT2D eigenvalue weighted by atomic mass is 19.1. The van der Waals surface area contributed by atoms with Gasteiger partial charge in [0.2, 0.25) is 0 Å². The Hall–Kier alpha value is -1.42. The molecular formula is C12H16FNO2. The molecule has 0 saturated carbocycles. The van der Waals surface area contributed by atoms with Gasteiger partial charge in [0.15, 0.2) is 6.17 Å². The van der Waals surface area contributed by atoms with Crippen molar-refractivity contribution in [1.82, 2.24) is 0 Å². The molecule has 0 bridgehead atoms. The molecule has 2 N–H and O–H groups in total. The van der Waals surface area contributed by atoms with Gasteiger partial charge in [0.1, 0.15) is 6.04 Å². The molecule has 0 aliphatic rings. The fraction of sp³-hybridized carbons (Fsp3) is 0.417. The number of hydrogen-bond acceptors (Lipinski definition) is 3. The number of carbonyl (C=O) groups excluding carboxylic acids is 1. The van der Waals surface area contributed by atoms with Crippen molar-refractivity contribution in [3.8, 4) is 0 Å². The van der Waals surface area contributed by atoms with E-state index >= 15 is 0 Å². The summed E-state index contributed by atoms with van der Waals surface area (Å²) in [6.45, 7) is 3.39. The van der Waals surface area contributed by atoms with Gasteiger partial charge < -0.3 is 10.5 Å². The first-order valence-corrected chi connectivity index (χ1v) is 5.17. The van der Waals surface area contributed by atoms with Crippen LogP contribution >= 0.6 is 0 Å². The van der Waals surface area contributed by atoms with E-state index in [1.165, 1.54) is 0 Å². The van der Waals surface area contributed by atoms with Crippen LogP contribution in [0.3, 0.4) is 0 Å². The van der Waals surface area contributed by atoms with Gasteiger partial charge in [-0.15, -0.1) is 0 Å². The van der Waals surface area contributed by atoms with E-state index in [4.69, 9.17) is 10.5 Å². The van der Waals surface area contributed by atoms with Crippen LogP contribution < -0.4 is 5.73 Å². The van der Waals surface area contributed by atoms with Gasteiger partial charge in [0, 0.05) is 0 Å². The Morgan fingerprint density at radius 1 is 1.31 bits per heavy atom. The van der Waals surface area contributed by atoms with E-state index in [0.29, 0.717) is 5.56 Å². The van der Waals surface area contributed by atoms with Crippen LogP contribution in [0, 0.1) is 0 Å². The van der Waals surface area contributed by atoms with Gasteiger partial charge in [-0.1, -0.05) is 30.3 Å². The molecule has 1 aromatic rings. The highest BCUT2D eigenvalue weighted by Gasteiger charge is 2.27. The molecule has 0 radical (unpaired) electrons. The molecule has 0 aliphatic carbocycles. The average molecular weight is 225 g/mol. The van der Waals surface area contributed by atoms with Crippen LogP contribution in [0.2, 0.25) is 0 Å². The van der Waals surface area contributed by atoms with Crippen LogP contribution in [0.25, 0.3) is 0 Å². The van der Waals surface area contributed by atoms with Crippen molar-refractivity contribution in [3.63, 3.8) is 0 Å². The lowest BCUT2D eigenvalue weighted by Crippen LogP contribution is -2.37. The van der Waals surface area contributed by atoms with Crippen LogP contribution in [0.15, 0.2) is 30.3 Å². The summed E-state index contributed by atoms with van der Waals surface area (Å²) in [5, 5.41) is 0. The van der Waals surface area contributed by atoms with E-state index in [9.17, 15) is 9.18 Å². The molecule has 2 atom stereocenters. The smallest absolute Gasteiger partial charge is 0.326 e. The minimum atomic E-state index is -1.53. The predicted molar refractivity (Wildman–Crippen MR) is 59.5 cm³/mol. The van der Waals surface area contributed by atoms with E-state index in [1.807, 2.05) is 0 Å². The Bertz CT molecular complexity index is 340. The van der Waals surface area contributed by atoms with Crippen LogP contribution in [0.4, 0.5) is 4.39 Å². The molecule has 0 heterocycles. The summed E-state index contributed by atoms with van der Waals surface area (Å²) in [5.41, 5.74) is 5.88. The molecular weight excluding hydrogens is 209 g/mol. The number of alkyl halides is 1. The quantitative estimate of drug-likeness (QED) is 0.797. The first-order chi connectivity index (χ1) is 7.52. The zero-order valence-electron chi connectivity index (χ0n) is 9.39. The summed E-state index contributed by atoms with van der Waals surface area (Å²) in [6, 6.07) is 7.07. The van der Waals surface area contributed by atoms with Crippen LogP contribution in [0.1, 0.15) is 25.6 Å². The molecule has 2 unspecified atom stereocenters. The van der Waals surface area contributed by atoms with Crippen LogP contribution in [-0.2, 0) is 9.53 Å². The minimum absolute atomic E-state index is 0.290. The van der Waals surface area contributed by atoms with Crippen molar-refractivity contribution >= 4 is 5.97 Å². The second kappa shape index (κ2) is 5.61. The summed E-state index contributed by atoms with van der Waals surface area (Å²) < 4.78 is 18.7. The molecule has 1 rings (SSSR count). The zero-order valence-corrected chi connectivity index (χ0v) is 9.39. The lowest BCUT2D eigenvalue weighted by Gasteiger charge is -2.17. The van der Waals surface area contributed by atoms with Crippen molar-refractivity contribution < 1.29 is 13.9 Å². The second-order valence-corrected chi connectivity index (χ2v) is 3.82. The average Bonchev–Trinajstić information content (AvgIpc) is 2.27. The highest BCUT2D eigenvalue weighted by molar-refractivity contribution is 5.76. The van der Waals surface area contributed by atoms with E-state index in [-0.39, 0.29) is 6.10 Å². The molecule has 3 nitrogen and oxygen atoms in total. The van der Waals surface area contributed by atoms with E-state index in [1.54, 1.807) is 44.2 Å². The van der Waals surface area contributed by atoms with Gasteiger partial charge in [-0.3, -0.25) is 4.79 Å². The first-order valence-electron chi connectivity index (χ1n) is 5.17. The number of hydrogen-bond donors (Lipinski definition) is 1. The van der Waals surface area contributed by atoms with Crippen molar-refractivity contribution in [1.29, 1.82) is 0 Å². The highest BCUT2D eigenvalue weighted by Crippen LogP contribution is 2.20. The first kappa shape index (κ1) is 12.6. The van der Waals surface area contributed by atoms with E-state index < -0.39 is 18.2 Å². The summed E-state index contributed by atoms with van der Waals surface area (Å²) in [7, 11) is 0. The largest absolute Gasteiger partial charge is 0.462 e. The molecule has 16 heavy (non-hydrogen) atoms. The molecule has 0 fully saturated rings. The normalized spacial score (nSPS) is 14.6. The van der Waals surface area contributed by atoms with Gasteiger partial charge in [-0.25, -0.2) is 4.39 Å². The van der Waals surface area contributed by atoms with Crippen molar-refractivity contribution in [2.24, 2.45) is 5.73 Å². The molecule has 0 spiro atoms. The monoisotopic (exact) mass is 225 g/mol. The third-order valence-corrected chi connectivity index (χ3v) is 2.06. The van der Waals surface area contributed by atoms with E-state index in [0.717, 1.165) is 0 Å². The topological polar surface area (TPSA) is 52.3 Å². The number of nitrogens with two attached hydrogens (primary N) is 1. The molecule has 0 amide bonds. The summed E-state index contributed by atoms with van der Waals surface area (Å²) in [5.74, 6) is -0.716. The van der Waals surface area contributed by atoms with Crippen LogP contribution in [-0.4, -0.2) is 18.1 Å². The maximum atomic E-state index is 13.8. The maximum absolute atomic E-state index is 13.8. The van der Waals surface area contributed by atoms with Gasteiger partial charge in [0.05, 0.1) is 6.10 Å².